The van der Waals surface area contributed by atoms with Gasteiger partial charge in [-0.25, -0.2) is 0 Å². The highest BCUT2D eigenvalue weighted by Gasteiger charge is 2.12. The number of nitrogens with two attached hydrogens (primary N) is 1. The fourth-order valence-electron chi connectivity index (χ4n) is 1.74. The van der Waals surface area contributed by atoms with Crippen LogP contribution in [0.2, 0.25) is 0 Å². The third-order valence-corrected chi connectivity index (χ3v) is 2.61. The zero-order chi connectivity index (χ0) is 13.4. The SMILES string of the molecule is CCCN(CC)C(=O)c1cccc(C#CCN)c1. The lowest BCUT2D eigenvalue weighted by molar-refractivity contribution is 0.0764. The fraction of sp³-hybridized carbons (Fsp3) is 0.400. The van der Waals surface area contributed by atoms with Crippen molar-refractivity contribution in [1.29, 1.82) is 0 Å². The molecule has 1 rings (SSSR count). The Labute approximate surface area is 109 Å². The van der Waals surface area contributed by atoms with Crippen LogP contribution in [0.4, 0.5) is 0 Å². The van der Waals surface area contributed by atoms with Crippen LogP contribution in [0.25, 0.3) is 0 Å². The van der Waals surface area contributed by atoms with Gasteiger partial charge < -0.3 is 10.6 Å². The molecule has 1 amide bonds. The fourth-order valence-corrected chi connectivity index (χ4v) is 1.74. The first-order valence-corrected chi connectivity index (χ1v) is 6.31. The summed E-state index contributed by atoms with van der Waals surface area (Å²) in [6.07, 6.45) is 0.965. The molecule has 18 heavy (non-hydrogen) atoms. The molecule has 0 radical (unpaired) electrons. The van der Waals surface area contributed by atoms with E-state index in [9.17, 15) is 4.79 Å². The molecular weight excluding hydrogens is 224 g/mol. The van der Waals surface area contributed by atoms with Crippen LogP contribution < -0.4 is 5.73 Å². The second-order valence-corrected chi connectivity index (χ2v) is 3.97. The number of carbonyl (C=O) groups is 1. The van der Waals surface area contributed by atoms with Gasteiger partial charge >= 0.3 is 0 Å². The monoisotopic (exact) mass is 244 g/mol. The maximum absolute atomic E-state index is 12.2. The molecule has 0 aliphatic rings. The zero-order valence-corrected chi connectivity index (χ0v) is 11.1. The van der Waals surface area contributed by atoms with E-state index in [4.69, 9.17) is 5.73 Å². The molecule has 0 aliphatic carbocycles. The molecule has 1 aromatic carbocycles. The number of nitrogens with zero attached hydrogens (tertiary/aromatic N) is 1. The molecule has 0 aromatic heterocycles. The summed E-state index contributed by atoms with van der Waals surface area (Å²) in [5, 5.41) is 0. The van der Waals surface area contributed by atoms with Crippen molar-refractivity contribution in [2.45, 2.75) is 20.3 Å². The van der Waals surface area contributed by atoms with Gasteiger partial charge in [-0.05, 0) is 31.5 Å². The van der Waals surface area contributed by atoms with E-state index < -0.39 is 0 Å². The molecule has 2 N–H and O–H groups in total. The Kier molecular flexibility index (Phi) is 5.96. The quantitative estimate of drug-likeness (QED) is 0.822. The number of hydrogen-bond donors (Lipinski definition) is 1. The topological polar surface area (TPSA) is 46.3 Å². The lowest BCUT2D eigenvalue weighted by atomic mass is 10.1. The summed E-state index contributed by atoms with van der Waals surface area (Å²) >= 11 is 0. The van der Waals surface area contributed by atoms with Gasteiger partial charge in [-0.1, -0.05) is 24.8 Å². The molecule has 0 bridgehead atoms. The van der Waals surface area contributed by atoms with Crippen LogP contribution in [0.15, 0.2) is 24.3 Å². The summed E-state index contributed by atoms with van der Waals surface area (Å²) in [4.78, 5) is 14.1. The highest BCUT2D eigenvalue weighted by molar-refractivity contribution is 5.94. The van der Waals surface area contributed by atoms with Gasteiger partial charge in [0.05, 0.1) is 6.54 Å². The van der Waals surface area contributed by atoms with Crippen LogP contribution in [-0.4, -0.2) is 30.4 Å². The van der Waals surface area contributed by atoms with E-state index in [2.05, 4.69) is 18.8 Å². The van der Waals surface area contributed by atoms with E-state index >= 15 is 0 Å². The van der Waals surface area contributed by atoms with Gasteiger partial charge in [0.15, 0.2) is 0 Å². The lowest BCUT2D eigenvalue weighted by Gasteiger charge is -2.20. The molecule has 3 nitrogen and oxygen atoms in total. The van der Waals surface area contributed by atoms with Crippen molar-refractivity contribution in [3.8, 4) is 11.8 Å². The van der Waals surface area contributed by atoms with Crippen LogP contribution in [0.1, 0.15) is 36.2 Å². The van der Waals surface area contributed by atoms with Crippen molar-refractivity contribution in [3.63, 3.8) is 0 Å². The van der Waals surface area contributed by atoms with Crippen molar-refractivity contribution in [1.82, 2.24) is 4.90 Å². The Morgan fingerprint density at radius 1 is 1.39 bits per heavy atom. The van der Waals surface area contributed by atoms with Crippen molar-refractivity contribution in [2.24, 2.45) is 5.73 Å². The summed E-state index contributed by atoms with van der Waals surface area (Å²) < 4.78 is 0. The molecule has 96 valence electrons. The van der Waals surface area contributed by atoms with Gasteiger partial charge in [0.25, 0.3) is 5.91 Å². The van der Waals surface area contributed by atoms with E-state index in [1.54, 1.807) is 0 Å². The van der Waals surface area contributed by atoms with Crippen molar-refractivity contribution >= 4 is 5.91 Å². The van der Waals surface area contributed by atoms with Crippen LogP contribution in [0.5, 0.6) is 0 Å². The predicted molar refractivity (Wildman–Crippen MR) is 74.2 cm³/mol. The number of rotatable bonds is 4. The number of benzene rings is 1. The first kappa shape index (κ1) is 14.3. The standard InChI is InChI=1S/C15H20N2O/c1-3-11-17(4-2)15(18)14-9-5-7-13(12-14)8-6-10-16/h5,7,9,12H,3-4,10-11,16H2,1-2H3. The van der Waals surface area contributed by atoms with Gasteiger partial charge in [-0.2, -0.15) is 0 Å². The smallest absolute Gasteiger partial charge is 0.253 e. The molecule has 0 saturated heterocycles. The van der Waals surface area contributed by atoms with Gasteiger partial charge in [-0.15, -0.1) is 0 Å². The summed E-state index contributed by atoms with van der Waals surface area (Å²) in [6.45, 7) is 5.90. The Morgan fingerprint density at radius 2 is 2.17 bits per heavy atom. The van der Waals surface area contributed by atoms with Crippen molar-refractivity contribution < 1.29 is 4.79 Å². The Morgan fingerprint density at radius 3 is 2.78 bits per heavy atom. The molecule has 0 spiro atoms. The number of carbonyl (C=O) groups excluding carboxylic acids is 1. The second kappa shape index (κ2) is 7.52. The van der Waals surface area contributed by atoms with E-state index in [-0.39, 0.29) is 5.91 Å². The Balaban J connectivity index is 2.91. The number of amides is 1. The summed E-state index contributed by atoms with van der Waals surface area (Å²) in [5.74, 6) is 5.80. The van der Waals surface area contributed by atoms with Gasteiger partial charge in [0.2, 0.25) is 0 Å². The highest BCUT2D eigenvalue weighted by Crippen LogP contribution is 2.08. The summed E-state index contributed by atoms with van der Waals surface area (Å²) in [5.41, 5.74) is 6.86. The molecule has 1 aromatic rings. The zero-order valence-electron chi connectivity index (χ0n) is 11.1. The molecule has 0 unspecified atom stereocenters. The van der Waals surface area contributed by atoms with E-state index in [0.717, 1.165) is 25.1 Å². The predicted octanol–water partition coefficient (Wildman–Crippen LogP) is 1.87. The summed E-state index contributed by atoms with van der Waals surface area (Å²) in [6, 6.07) is 7.39. The van der Waals surface area contributed by atoms with Crippen LogP contribution in [-0.2, 0) is 0 Å². The van der Waals surface area contributed by atoms with Crippen molar-refractivity contribution in [3.05, 3.63) is 35.4 Å². The largest absolute Gasteiger partial charge is 0.339 e. The molecular formula is C15H20N2O. The van der Waals surface area contributed by atoms with Crippen LogP contribution >= 0.6 is 0 Å². The average molecular weight is 244 g/mol. The second-order valence-electron chi connectivity index (χ2n) is 3.97. The maximum Gasteiger partial charge on any atom is 0.253 e. The molecule has 0 fully saturated rings. The lowest BCUT2D eigenvalue weighted by Crippen LogP contribution is -2.31. The minimum Gasteiger partial charge on any atom is -0.339 e. The first-order valence-electron chi connectivity index (χ1n) is 6.31. The first-order chi connectivity index (χ1) is 8.72. The van der Waals surface area contributed by atoms with Gasteiger partial charge in [-0.3, -0.25) is 4.79 Å². The molecule has 0 atom stereocenters. The molecule has 0 aliphatic heterocycles. The normalized spacial score (nSPS) is 9.50. The highest BCUT2D eigenvalue weighted by atomic mass is 16.2. The van der Waals surface area contributed by atoms with Crippen LogP contribution in [0.3, 0.4) is 0 Å². The van der Waals surface area contributed by atoms with E-state index in [1.165, 1.54) is 0 Å². The van der Waals surface area contributed by atoms with Gasteiger partial charge in [0.1, 0.15) is 0 Å². The number of hydrogen-bond acceptors (Lipinski definition) is 2. The van der Waals surface area contributed by atoms with E-state index in [1.807, 2.05) is 36.1 Å². The maximum atomic E-state index is 12.2. The Hall–Kier alpha value is -1.79. The third kappa shape index (κ3) is 3.90. The molecule has 0 saturated carbocycles. The van der Waals surface area contributed by atoms with Gasteiger partial charge in [0, 0.05) is 24.2 Å². The van der Waals surface area contributed by atoms with Crippen LogP contribution in [0, 0.1) is 11.8 Å². The molecule has 0 heterocycles. The summed E-state index contributed by atoms with van der Waals surface area (Å²) in [7, 11) is 0. The third-order valence-electron chi connectivity index (χ3n) is 2.61. The Bertz CT molecular complexity index is 457. The molecule has 3 heteroatoms. The minimum atomic E-state index is 0.0655. The van der Waals surface area contributed by atoms with Crippen molar-refractivity contribution in [2.75, 3.05) is 19.6 Å². The average Bonchev–Trinajstić information content (AvgIpc) is 2.42. The minimum absolute atomic E-state index is 0.0655. The van der Waals surface area contributed by atoms with E-state index in [0.29, 0.717) is 12.1 Å².